The predicted molar refractivity (Wildman–Crippen MR) is 73.6 cm³/mol. The van der Waals surface area contributed by atoms with Crippen LogP contribution in [0.25, 0.3) is 0 Å². The number of nitrogens with zero attached hydrogens (tertiary/aromatic N) is 1. The van der Waals surface area contributed by atoms with E-state index < -0.39 is 8.32 Å². The first-order valence-electron chi connectivity index (χ1n) is 6.66. The van der Waals surface area contributed by atoms with Crippen LogP contribution in [0, 0.1) is 0 Å². The number of amides is 1. The predicted octanol–water partition coefficient (Wildman–Crippen LogP) is 3.02. The van der Waals surface area contributed by atoms with E-state index in [9.17, 15) is 4.79 Å². The molecular formula is C13H27NO2Si. The molecule has 0 aromatic rings. The lowest BCUT2D eigenvalue weighted by Crippen LogP contribution is -2.44. The fourth-order valence-corrected chi connectivity index (χ4v) is 2.63. The molecule has 100 valence electrons. The Labute approximate surface area is 107 Å². The Morgan fingerprint density at radius 1 is 1.29 bits per heavy atom. The third kappa shape index (κ3) is 4.10. The summed E-state index contributed by atoms with van der Waals surface area (Å²) in [4.78, 5) is 13.0. The van der Waals surface area contributed by atoms with Gasteiger partial charge in [-0.15, -0.1) is 0 Å². The third-order valence-corrected chi connectivity index (χ3v) is 8.58. The zero-order valence-electron chi connectivity index (χ0n) is 12.0. The van der Waals surface area contributed by atoms with Gasteiger partial charge in [0, 0.05) is 26.1 Å². The molecule has 0 atom stereocenters. The first-order valence-corrected chi connectivity index (χ1v) is 9.56. The molecule has 0 spiro atoms. The number of hydrogen-bond donors (Lipinski definition) is 0. The van der Waals surface area contributed by atoms with Crippen LogP contribution in [0.15, 0.2) is 0 Å². The van der Waals surface area contributed by atoms with Crippen LogP contribution in [-0.4, -0.2) is 38.8 Å². The minimum Gasteiger partial charge on any atom is -0.417 e. The molecular weight excluding hydrogens is 230 g/mol. The molecule has 0 aromatic carbocycles. The molecule has 1 aliphatic rings. The Bertz CT molecular complexity index is 271. The maximum atomic E-state index is 11.1. The number of carbonyl (C=O) groups is 1. The van der Waals surface area contributed by atoms with Crippen LogP contribution >= 0.6 is 0 Å². The largest absolute Gasteiger partial charge is 0.417 e. The summed E-state index contributed by atoms with van der Waals surface area (Å²) in [6, 6.07) is 0. The molecule has 0 saturated carbocycles. The standard InChI is InChI=1S/C13H27NO2Si/c1-13(2,3)17(4,5)16-11-7-6-9-14-10-8-12(14)15/h6-11H2,1-5H3. The van der Waals surface area contributed by atoms with Gasteiger partial charge < -0.3 is 9.33 Å². The Balaban J connectivity index is 2.09. The van der Waals surface area contributed by atoms with Crippen LogP contribution in [0.2, 0.25) is 18.1 Å². The van der Waals surface area contributed by atoms with Crippen molar-refractivity contribution in [2.24, 2.45) is 0 Å². The molecule has 0 N–H and O–H groups in total. The minimum absolute atomic E-state index is 0.292. The third-order valence-electron chi connectivity index (χ3n) is 4.04. The van der Waals surface area contributed by atoms with Gasteiger partial charge in [0.15, 0.2) is 8.32 Å². The summed E-state index contributed by atoms with van der Waals surface area (Å²) in [5, 5.41) is 0.292. The second-order valence-corrected chi connectivity index (χ2v) is 11.3. The summed E-state index contributed by atoms with van der Waals surface area (Å²) in [6.45, 7) is 14.1. The molecule has 1 aliphatic heterocycles. The zero-order valence-corrected chi connectivity index (χ0v) is 13.0. The summed E-state index contributed by atoms with van der Waals surface area (Å²) in [5.41, 5.74) is 0. The van der Waals surface area contributed by atoms with Crippen molar-refractivity contribution in [3.8, 4) is 0 Å². The van der Waals surface area contributed by atoms with E-state index in [0.29, 0.717) is 10.9 Å². The minimum atomic E-state index is -1.57. The smallest absolute Gasteiger partial charge is 0.224 e. The number of carbonyl (C=O) groups excluding carboxylic acids is 1. The second-order valence-electron chi connectivity index (χ2n) is 6.45. The summed E-state index contributed by atoms with van der Waals surface area (Å²) in [5.74, 6) is 0.315. The lowest BCUT2D eigenvalue weighted by Gasteiger charge is -2.36. The maximum absolute atomic E-state index is 11.1. The Morgan fingerprint density at radius 2 is 1.94 bits per heavy atom. The summed E-state index contributed by atoms with van der Waals surface area (Å²) < 4.78 is 6.09. The summed E-state index contributed by atoms with van der Waals surface area (Å²) >= 11 is 0. The van der Waals surface area contributed by atoms with Crippen molar-refractivity contribution in [1.29, 1.82) is 0 Å². The van der Waals surface area contributed by atoms with E-state index in [1.165, 1.54) is 0 Å². The van der Waals surface area contributed by atoms with Crippen LogP contribution in [-0.2, 0) is 9.22 Å². The quantitative estimate of drug-likeness (QED) is 0.416. The molecule has 1 fully saturated rings. The molecule has 1 heterocycles. The zero-order chi connectivity index (χ0) is 13.1. The number of hydrogen-bond acceptors (Lipinski definition) is 2. The molecule has 0 aromatic heterocycles. The normalized spacial score (nSPS) is 17.2. The molecule has 1 amide bonds. The average molecular weight is 257 g/mol. The van der Waals surface area contributed by atoms with E-state index in [-0.39, 0.29) is 0 Å². The van der Waals surface area contributed by atoms with Gasteiger partial charge in [-0.2, -0.15) is 0 Å². The molecule has 4 heteroatoms. The van der Waals surface area contributed by atoms with Gasteiger partial charge in [0.05, 0.1) is 0 Å². The van der Waals surface area contributed by atoms with Crippen molar-refractivity contribution >= 4 is 14.2 Å². The first kappa shape index (κ1) is 14.7. The van der Waals surface area contributed by atoms with Gasteiger partial charge in [0.1, 0.15) is 0 Å². The van der Waals surface area contributed by atoms with Gasteiger partial charge in [-0.1, -0.05) is 20.8 Å². The fraction of sp³-hybridized carbons (Fsp3) is 0.923. The van der Waals surface area contributed by atoms with Crippen LogP contribution in [0.1, 0.15) is 40.0 Å². The van der Waals surface area contributed by atoms with E-state index >= 15 is 0 Å². The van der Waals surface area contributed by atoms with Crippen LogP contribution in [0.5, 0.6) is 0 Å². The van der Waals surface area contributed by atoms with Crippen molar-refractivity contribution in [1.82, 2.24) is 4.90 Å². The molecule has 1 rings (SSSR count). The Kier molecular flexibility index (Phi) is 4.78. The number of unbranched alkanes of at least 4 members (excludes halogenated alkanes) is 1. The van der Waals surface area contributed by atoms with E-state index in [4.69, 9.17) is 4.43 Å². The molecule has 0 radical (unpaired) electrons. The molecule has 3 nitrogen and oxygen atoms in total. The van der Waals surface area contributed by atoms with E-state index in [2.05, 4.69) is 33.9 Å². The fourth-order valence-electron chi connectivity index (χ4n) is 1.55. The molecule has 0 aliphatic carbocycles. The van der Waals surface area contributed by atoms with Crippen molar-refractivity contribution in [3.63, 3.8) is 0 Å². The topological polar surface area (TPSA) is 29.5 Å². The maximum Gasteiger partial charge on any atom is 0.224 e. The van der Waals surface area contributed by atoms with Gasteiger partial charge >= 0.3 is 0 Å². The highest BCUT2D eigenvalue weighted by Crippen LogP contribution is 2.36. The molecule has 1 saturated heterocycles. The van der Waals surface area contributed by atoms with E-state index in [0.717, 1.165) is 39.0 Å². The summed E-state index contributed by atoms with van der Waals surface area (Å²) in [6.07, 6.45) is 2.89. The van der Waals surface area contributed by atoms with Crippen molar-refractivity contribution in [3.05, 3.63) is 0 Å². The molecule has 0 unspecified atom stereocenters. The van der Waals surface area contributed by atoms with Crippen LogP contribution < -0.4 is 0 Å². The average Bonchev–Trinajstić information content (AvgIpc) is 2.19. The number of rotatable bonds is 6. The Morgan fingerprint density at radius 3 is 2.35 bits per heavy atom. The highest BCUT2D eigenvalue weighted by molar-refractivity contribution is 6.74. The lowest BCUT2D eigenvalue weighted by molar-refractivity contribution is -0.139. The van der Waals surface area contributed by atoms with Crippen molar-refractivity contribution < 1.29 is 9.22 Å². The number of likely N-dealkylation sites (tertiary alicyclic amines) is 1. The highest BCUT2D eigenvalue weighted by Gasteiger charge is 2.36. The first-order chi connectivity index (χ1) is 7.74. The SMILES string of the molecule is CC(C)(C)[Si](C)(C)OCCCCN1CCC1=O. The molecule has 17 heavy (non-hydrogen) atoms. The molecule has 0 bridgehead atoms. The van der Waals surface area contributed by atoms with Gasteiger partial charge in [0.2, 0.25) is 5.91 Å². The van der Waals surface area contributed by atoms with Gasteiger partial charge in [-0.3, -0.25) is 4.79 Å². The van der Waals surface area contributed by atoms with E-state index in [1.54, 1.807) is 0 Å². The number of β-lactam (4-membered cyclic amide) rings is 1. The Hall–Kier alpha value is -0.353. The van der Waals surface area contributed by atoms with Crippen molar-refractivity contribution in [2.75, 3.05) is 19.7 Å². The van der Waals surface area contributed by atoms with Crippen LogP contribution in [0.4, 0.5) is 0 Å². The summed E-state index contributed by atoms with van der Waals surface area (Å²) in [7, 11) is -1.57. The van der Waals surface area contributed by atoms with Crippen molar-refractivity contribution in [2.45, 2.75) is 58.2 Å². The van der Waals surface area contributed by atoms with Gasteiger partial charge in [-0.05, 0) is 31.0 Å². The lowest BCUT2D eigenvalue weighted by atomic mass is 10.2. The second kappa shape index (κ2) is 5.53. The van der Waals surface area contributed by atoms with Gasteiger partial charge in [0.25, 0.3) is 0 Å². The highest BCUT2D eigenvalue weighted by atomic mass is 28.4. The monoisotopic (exact) mass is 257 g/mol. The van der Waals surface area contributed by atoms with Gasteiger partial charge in [-0.25, -0.2) is 0 Å². The van der Waals surface area contributed by atoms with E-state index in [1.807, 2.05) is 4.90 Å². The van der Waals surface area contributed by atoms with Crippen LogP contribution in [0.3, 0.4) is 0 Å².